The van der Waals surface area contributed by atoms with Crippen molar-refractivity contribution in [1.29, 1.82) is 0 Å². The third kappa shape index (κ3) is 3.39. The zero-order chi connectivity index (χ0) is 17.3. The number of hydrogen-bond acceptors (Lipinski definition) is 3. The predicted molar refractivity (Wildman–Crippen MR) is 95.0 cm³/mol. The standard InChI is InChI=1S/C17H17ClN2O3S/c1-12-7-8-15(11-16(12)18)24(22,23)19-13-4-2-5-14(10-13)20-9-3-6-17(20)21/h2,4-5,7-8,10-11,19H,3,6,9H2,1H3. The predicted octanol–water partition coefficient (Wildman–Crippen LogP) is 3.58. The Labute approximate surface area is 146 Å². The normalized spacial score (nSPS) is 14.9. The SMILES string of the molecule is Cc1ccc(S(=O)(=O)Nc2cccc(N3CCCC3=O)c2)cc1Cl. The van der Waals surface area contributed by atoms with Crippen LogP contribution < -0.4 is 9.62 Å². The van der Waals surface area contributed by atoms with Gasteiger partial charge in [0.25, 0.3) is 10.0 Å². The molecule has 5 nitrogen and oxygen atoms in total. The lowest BCUT2D eigenvalue weighted by atomic mass is 10.2. The number of aryl methyl sites for hydroxylation is 1. The summed E-state index contributed by atoms with van der Waals surface area (Å²) in [4.78, 5) is 13.6. The van der Waals surface area contributed by atoms with E-state index in [0.717, 1.165) is 12.0 Å². The van der Waals surface area contributed by atoms with Crippen LogP contribution in [0.1, 0.15) is 18.4 Å². The van der Waals surface area contributed by atoms with E-state index in [4.69, 9.17) is 11.6 Å². The summed E-state index contributed by atoms with van der Waals surface area (Å²) in [6.45, 7) is 2.46. The maximum Gasteiger partial charge on any atom is 0.261 e. The average molecular weight is 365 g/mol. The van der Waals surface area contributed by atoms with E-state index in [-0.39, 0.29) is 10.8 Å². The number of carbonyl (C=O) groups excluding carboxylic acids is 1. The van der Waals surface area contributed by atoms with E-state index in [0.29, 0.717) is 29.4 Å². The van der Waals surface area contributed by atoms with Crippen LogP contribution in [0.25, 0.3) is 0 Å². The molecule has 1 heterocycles. The molecule has 3 rings (SSSR count). The third-order valence-corrected chi connectivity index (χ3v) is 5.72. The smallest absolute Gasteiger partial charge is 0.261 e. The Balaban J connectivity index is 1.87. The van der Waals surface area contributed by atoms with E-state index in [9.17, 15) is 13.2 Å². The number of anilines is 2. The van der Waals surface area contributed by atoms with Crippen LogP contribution in [-0.4, -0.2) is 20.9 Å². The molecule has 0 unspecified atom stereocenters. The van der Waals surface area contributed by atoms with Gasteiger partial charge in [-0.3, -0.25) is 9.52 Å². The molecule has 2 aromatic carbocycles. The largest absolute Gasteiger partial charge is 0.312 e. The van der Waals surface area contributed by atoms with E-state index in [1.807, 2.05) is 6.92 Å². The van der Waals surface area contributed by atoms with Gasteiger partial charge in [0.15, 0.2) is 0 Å². The molecule has 0 atom stereocenters. The van der Waals surface area contributed by atoms with Gasteiger partial charge in [-0.1, -0.05) is 23.7 Å². The van der Waals surface area contributed by atoms with Gasteiger partial charge in [-0.2, -0.15) is 0 Å². The second-order valence-corrected chi connectivity index (χ2v) is 7.81. The second kappa shape index (κ2) is 6.45. The minimum atomic E-state index is -3.74. The maximum atomic E-state index is 12.5. The van der Waals surface area contributed by atoms with Crippen molar-refractivity contribution in [2.45, 2.75) is 24.7 Å². The van der Waals surface area contributed by atoms with Crippen LogP contribution in [0.4, 0.5) is 11.4 Å². The Bertz CT molecular complexity index is 896. The van der Waals surface area contributed by atoms with Gasteiger partial charge in [0.05, 0.1) is 10.6 Å². The number of rotatable bonds is 4. The molecular formula is C17H17ClN2O3S. The summed E-state index contributed by atoms with van der Waals surface area (Å²) < 4.78 is 27.6. The lowest BCUT2D eigenvalue weighted by molar-refractivity contribution is -0.117. The lowest BCUT2D eigenvalue weighted by Gasteiger charge is -2.17. The molecule has 1 aliphatic rings. The van der Waals surface area contributed by atoms with Crippen LogP contribution in [0.5, 0.6) is 0 Å². The fraction of sp³-hybridized carbons (Fsp3) is 0.235. The molecule has 1 fully saturated rings. The highest BCUT2D eigenvalue weighted by molar-refractivity contribution is 7.92. The molecule has 0 radical (unpaired) electrons. The van der Waals surface area contributed by atoms with Crippen molar-refractivity contribution >= 4 is 38.9 Å². The number of nitrogens with one attached hydrogen (secondary N) is 1. The quantitative estimate of drug-likeness (QED) is 0.901. The molecule has 24 heavy (non-hydrogen) atoms. The molecule has 0 saturated carbocycles. The number of benzene rings is 2. The Morgan fingerprint density at radius 3 is 2.62 bits per heavy atom. The topological polar surface area (TPSA) is 66.5 Å². The van der Waals surface area contributed by atoms with Gasteiger partial charge in [0.1, 0.15) is 0 Å². The van der Waals surface area contributed by atoms with Gasteiger partial charge < -0.3 is 4.90 Å². The zero-order valence-electron chi connectivity index (χ0n) is 13.1. The van der Waals surface area contributed by atoms with Gasteiger partial charge in [-0.15, -0.1) is 0 Å². The summed E-state index contributed by atoms with van der Waals surface area (Å²) in [7, 11) is -3.74. The van der Waals surface area contributed by atoms with E-state index < -0.39 is 10.0 Å². The van der Waals surface area contributed by atoms with Crippen LogP contribution in [-0.2, 0) is 14.8 Å². The fourth-order valence-corrected chi connectivity index (χ4v) is 3.93. The second-order valence-electron chi connectivity index (χ2n) is 5.72. The van der Waals surface area contributed by atoms with E-state index in [1.165, 1.54) is 12.1 Å². The van der Waals surface area contributed by atoms with Gasteiger partial charge in [0, 0.05) is 23.7 Å². The van der Waals surface area contributed by atoms with Gasteiger partial charge in [0.2, 0.25) is 5.91 Å². The monoisotopic (exact) mass is 364 g/mol. The molecule has 0 aliphatic carbocycles. The van der Waals surface area contributed by atoms with E-state index >= 15 is 0 Å². The van der Waals surface area contributed by atoms with Crippen LogP contribution in [0, 0.1) is 6.92 Å². The molecule has 7 heteroatoms. The molecule has 1 aliphatic heterocycles. The lowest BCUT2D eigenvalue weighted by Crippen LogP contribution is -2.23. The molecule has 1 saturated heterocycles. The first-order valence-corrected chi connectivity index (χ1v) is 9.42. The molecule has 1 N–H and O–H groups in total. The summed E-state index contributed by atoms with van der Waals surface area (Å²) in [5.41, 5.74) is 1.91. The highest BCUT2D eigenvalue weighted by Crippen LogP contribution is 2.26. The van der Waals surface area contributed by atoms with Crippen LogP contribution in [0.15, 0.2) is 47.4 Å². The minimum absolute atomic E-state index is 0.0559. The van der Waals surface area contributed by atoms with Gasteiger partial charge in [-0.05, 0) is 49.2 Å². The first kappa shape index (κ1) is 16.8. The average Bonchev–Trinajstić information content (AvgIpc) is 2.96. The van der Waals surface area contributed by atoms with Crippen LogP contribution in [0.3, 0.4) is 0 Å². The van der Waals surface area contributed by atoms with Crippen molar-refractivity contribution in [2.24, 2.45) is 0 Å². The first-order chi connectivity index (χ1) is 11.4. The molecule has 1 amide bonds. The summed E-state index contributed by atoms with van der Waals surface area (Å²) in [5.74, 6) is 0.0559. The summed E-state index contributed by atoms with van der Waals surface area (Å²) in [5, 5.41) is 0.397. The molecule has 0 spiro atoms. The number of carbonyl (C=O) groups is 1. The Hall–Kier alpha value is -2.05. The minimum Gasteiger partial charge on any atom is -0.312 e. The number of sulfonamides is 1. The van der Waals surface area contributed by atoms with Crippen molar-refractivity contribution in [3.63, 3.8) is 0 Å². The summed E-state index contributed by atoms with van der Waals surface area (Å²) in [6.07, 6.45) is 1.34. The molecule has 0 bridgehead atoms. The van der Waals surface area contributed by atoms with Crippen molar-refractivity contribution in [2.75, 3.05) is 16.2 Å². The number of nitrogens with zero attached hydrogens (tertiary/aromatic N) is 1. The summed E-state index contributed by atoms with van der Waals surface area (Å²) in [6, 6.07) is 11.4. The Morgan fingerprint density at radius 2 is 1.96 bits per heavy atom. The van der Waals surface area contributed by atoms with E-state index in [1.54, 1.807) is 35.2 Å². The number of hydrogen-bond donors (Lipinski definition) is 1. The highest BCUT2D eigenvalue weighted by Gasteiger charge is 2.22. The third-order valence-electron chi connectivity index (χ3n) is 3.94. The maximum absolute atomic E-state index is 12.5. The Kier molecular flexibility index (Phi) is 4.51. The number of amides is 1. The van der Waals surface area contributed by atoms with Crippen LogP contribution >= 0.6 is 11.6 Å². The van der Waals surface area contributed by atoms with Crippen molar-refractivity contribution < 1.29 is 13.2 Å². The highest BCUT2D eigenvalue weighted by atomic mass is 35.5. The van der Waals surface area contributed by atoms with Crippen molar-refractivity contribution in [1.82, 2.24) is 0 Å². The van der Waals surface area contributed by atoms with Crippen molar-refractivity contribution in [3.8, 4) is 0 Å². The summed E-state index contributed by atoms with van der Waals surface area (Å²) >= 11 is 6.01. The first-order valence-electron chi connectivity index (χ1n) is 7.56. The van der Waals surface area contributed by atoms with Crippen molar-refractivity contribution in [3.05, 3.63) is 53.1 Å². The molecular weight excluding hydrogens is 348 g/mol. The van der Waals surface area contributed by atoms with Gasteiger partial charge >= 0.3 is 0 Å². The molecule has 126 valence electrons. The van der Waals surface area contributed by atoms with Gasteiger partial charge in [-0.25, -0.2) is 8.42 Å². The van der Waals surface area contributed by atoms with Crippen LogP contribution in [0.2, 0.25) is 5.02 Å². The van der Waals surface area contributed by atoms with E-state index in [2.05, 4.69) is 4.72 Å². The zero-order valence-corrected chi connectivity index (χ0v) is 14.7. The molecule has 0 aromatic heterocycles. The number of halogens is 1. The molecule has 2 aromatic rings. The fourth-order valence-electron chi connectivity index (χ4n) is 2.61. The Morgan fingerprint density at radius 1 is 1.17 bits per heavy atom.